The normalized spacial score (nSPS) is 9.82. The zero-order valence-electron chi connectivity index (χ0n) is 7.82. The molecule has 0 spiro atoms. The highest BCUT2D eigenvalue weighted by atomic mass is 27.0. The molecule has 0 bridgehead atoms. The van der Waals surface area contributed by atoms with Crippen molar-refractivity contribution in [3.63, 3.8) is 0 Å². The fourth-order valence-electron chi connectivity index (χ4n) is 1.16. The van der Waals surface area contributed by atoms with E-state index in [1.165, 1.54) is 38.5 Å². The van der Waals surface area contributed by atoms with E-state index in [4.69, 9.17) is 0 Å². The van der Waals surface area contributed by atoms with E-state index in [0.29, 0.717) is 0 Å². The standard InChI is InChI=1S/C10H22.Al.3H/c1-4-5-6-7-8-9-10(2)3;;;;/h10H,4-9H2,1-3H3;;;;. The Hall–Kier alpha value is 0.532. The quantitative estimate of drug-likeness (QED) is 0.427. The number of hydrogen-bond donors (Lipinski definition) is 0. The summed E-state index contributed by atoms with van der Waals surface area (Å²) in [6.07, 6.45) is 8.55. The molecule has 0 aromatic heterocycles. The van der Waals surface area contributed by atoms with Gasteiger partial charge in [0.05, 0.1) is 0 Å². The Labute approximate surface area is 82.9 Å². The van der Waals surface area contributed by atoms with Crippen LogP contribution in [-0.2, 0) is 0 Å². The Kier molecular flexibility index (Phi) is 13.5. The van der Waals surface area contributed by atoms with Crippen LogP contribution in [0.2, 0.25) is 0 Å². The molecule has 0 N–H and O–H groups in total. The Bertz CT molecular complexity index is 59.9. The number of unbranched alkanes of at least 4 members (excludes halogenated alkanes) is 4. The van der Waals surface area contributed by atoms with E-state index in [1.54, 1.807) is 0 Å². The van der Waals surface area contributed by atoms with Crippen molar-refractivity contribution in [1.29, 1.82) is 0 Å². The predicted molar refractivity (Wildman–Crippen MR) is 58.2 cm³/mol. The molecule has 0 aliphatic carbocycles. The van der Waals surface area contributed by atoms with Crippen LogP contribution in [0.5, 0.6) is 0 Å². The van der Waals surface area contributed by atoms with Crippen LogP contribution in [0.25, 0.3) is 0 Å². The van der Waals surface area contributed by atoms with Gasteiger partial charge in [-0.1, -0.05) is 59.3 Å². The first-order chi connectivity index (χ1) is 4.77. The molecule has 0 nitrogen and oxygen atoms in total. The average Bonchev–Trinajstić information content (AvgIpc) is 1.87. The topological polar surface area (TPSA) is 0 Å². The van der Waals surface area contributed by atoms with E-state index in [1.807, 2.05) is 0 Å². The lowest BCUT2D eigenvalue weighted by Crippen LogP contribution is -1.86. The van der Waals surface area contributed by atoms with Gasteiger partial charge in [0.25, 0.3) is 0 Å². The van der Waals surface area contributed by atoms with Gasteiger partial charge in [0.15, 0.2) is 17.4 Å². The van der Waals surface area contributed by atoms with Gasteiger partial charge in [-0.25, -0.2) is 0 Å². The van der Waals surface area contributed by atoms with Gasteiger partial charge >= 0.3 is 0 Å². The third-order valence-corrected chi connectivity index (χ3v) is 1.89. The van der Waals surface area contributed by atoms with Gasteiger partial charge in [0.2, 0.25) is 0 Å². The molecule has 0 heterocycles. The first-order valence-electron chi connectivity index (χ1n) is 4.77. The summed E-state index contributed by atoms with van der Waals surface area (Å²) in [7, 11) is 0. The Morgan fingerprint density at radius 1 is 0.909 bits per heavy atom. The molecule has 68 valence electrons. The molecule has 0 aromatic rings. The second-order valence-corrected chi connectivity index (χ2v) is 3.60. The average molecular weight is 172 g/mol. The summed E-state index contributed by atoms with van der Waals surface area (Å²) < 4.78 is 0. The van der Waals surface area contributed by atoms with Crippen LogP contribution in [0, 0.1) is 5.92 Å². The lowest BCUT2D eigenvalue weighted by atomic mass is 10.0. The van der Waals surface area contributed by atoms with Gasteiger partial charge in [0.1, 0.15) is 0 Å². The summed E-state index contributed by atoms with van der Waals surface area (Å²) in [5, 5.41) is 0. The maximum atomic E-state index is 2.31. The van der Waals surface area contributed by atoms with Gasteiger partial charge in [-0.05, 0) is 5.92 Å². The van der Waals surface area contributed by atoms with Crippen LogP contribution in [0.1, 0.15) is 59.3 Å². The first kappa shape index (κ1) is 14.1. The molecule has 0 aliphatic rings. The molecule has 0 radical (unpaired) electrons. The fraction of sp³-hybridized carbons (Fsp3) is 1.00. The summed E-state index contributed by atoms with van der Waals surface area (Å²) in [4.78, 5) is 0. The molecule has 0 rings (SSSR count). The van der Waals surface area contributed by atoms with Crippen molar-refractivity contribution >= 4 is 17.4 Å². The minimum absolute atomic E-state index is 0. The second kappa shape index (κ2) is 10.5. The molecule has 11 heavy (non-hydrogen) atoms. The summed E-state index contributed by atoms with van der Waals surface area (Å²) in [5.74, 6) is 0.904. The van der Waals surface area contributed by atoms with Crippen molar-refractivity contribution in [2.45, 2.75) is 59.3 Å². The summed E-state index contributed by atoms with van der Waals surface area (Å²) >= 11 is 0. The van der Waals surface area contributed by atoms with E-state index < -0.39 is 0 Å². The Balaban J connectivity index is 0. The highest BCUT2D eigenvalue weighted by Crippen LogP contribution is 2.09. The van der Waals surface area contributed by atoms with E-state index in [2.05, 4.69) is 20.8 Å². The van der Waals surface area contributed by atoms with E-state index in [-0.39, 0.29) is 17.4 Å². The van der Waals surface area contributed by atoms with Crippen LogP contribution >= 0.6 is 0 Å². The molecule has 0 fully saturated rings. The minimum atomic E-state index is 0. The summed E-state index contributed by atoms with van der Waals surface area (Å²) in [6.45, 7) is 6.88. The van der Waals surface area contributed by atoms with Crippen molar-refractivity contribution in [3.05, 3.63) is 0 Å². The Morgan fingerprint density at radius 3 is 1.91 bits per heavy atom. The lowest BCUT2D eigenvalue weighted by molar-refractivity contribution is 0.518. The highest BCUT2D eigenvalue weighted by Gasteiger charge is 1.92. The van der Waals surface area contributed by atoms with Crippen LogP contribution < -0.4 is 0 Å². The molecular weight excluding hydrogens is 147 g/mol. The molecule has 0 aliphatic heterocycles. The van der Waals surface area contributed by atoms with Crippen LogP contribution in [-0.4, -0.2) is 17.4 Å². The van der Waals surface area contributed by atoms with Crippen LogP contribution in [0.4, 0.5) is 0 Å². The summed E-state index contributed by atoms with van der Waals surface area (Å²) in [6, 6.07) is 0. The fourth-order valence-corrected chi connectivity index (χ4v) is 1.16. The SMILES string of the molecule is CCCCCCCC(C)C.[AlH3]. The van der Waals surface area contributed by atoms with Gasteiger partial charge in [-0.3, -0.25) is 0 Å². The molecule has 0 saturated heterocycles. The monoisotopic (exact) mass is 172 g/mol. The predicted octanol–water partition coefficient (Wildman–Crippen LogP) is 2.82. The molecule has 0 saturated carbocycles. The Morgan fingerprint density at radius 2 is 1.45 bits per heavy atom. The molecule has 1 heteroatoms. The van der Waals surface area contributed by atoms with Crippen molar-refractivity contribution < 1.29 is 0 Å². The van der Waals surface area contributed by atoms with Gasteiger partial charge in [-0.2, -0.15) is 0 Å². The van der Waals surface area contributed by atoms with E-state index in [9.17, 15) is 0 Å². The summed E-state index contributed by atoms with van der Waals surface area (Å²) in [5.41, 5.74) is 0. The third-order valence-electron chi connectivity index (χ3n) is 1.89. The second-order valence-electron chi connectivity index (χ2n) is 3.60. The highest BCUT2D eigenvalue weighted by molar-refractivity contribution is 5.75. The largest absolute Gasteiger partial charge is 0.187 e. The molecule has 0 aromatic carbocycles. The molecule has 0 atom stereocenters. The van der Waals surface area contributed by atoms with Gasteiger partial charge in [-0.15, -0.1) is 0 Å². The van der Waals surface area contributed by atoms with Crippen LogP contribution in [0.15, 0.2) is 0 Å². The zero-order valence-corrected chi connectivity index (χ0v) is 7.82. The van der Waals surface area contributed by atoms with E-state index >= 15 is 0 Å². The van der Waals surface area contributed by atoms with E-state index in [0.717, 1.165) is 5.92 Å². The third kappa shape index (κ3) is 13.5. The lowest BCUT2D eigenvalue weighted by Gasteiger charge is -2.02. The number of hydrogen-bond acceptors (Lipinski definition) is 0. The van der Waals surface area contributed by atoms with Gasteiger partial charge in [0, 0.05) is 0 Å². The molecular formula is C10H25Al. The minimum Gasteiger partial charge on any atom is -0.0654 e. The maximum absolute atomic E-state index is 2.31. The smallest absolute Gasteiger partial charge is 0.0654 e. The van der Waals surface area contributed by atoms with Crippen molar-refractivity contribution in [1.82, 2.24) is 0 Å². The first-order valence-corrected chi connectivity index (χ1v) is 4.77. The number of rotatable bonds is 6. The molecule has 0 unspecified atom stereocenters. The van der Waals surface area contributed by atoms with Crippen molar-refractivity contribution in [2.75, 3.05) is 0 Å². The van der Waals surface area contributed by atoms with Crippen molar-refractivity contribution in [2.24, 2.45) is 5.92 Å². The zero-order chi connectivity index (χ0) is 7.82. The maximum Gasteiger partial charge on any atom is 0.187 e. The van der Waals surface area contributed by atoms with Gasteiger partial charge < -0.3 is 0 Å². The van der Waals surface area contributed by atoms with Crippen LogP contribution in [0.3, 0.4) is 0 Å². The van der Waals surface area contributed by atoms with Crippen molar-refractivity contribution in [3.8, 4) is 0 Å². The molecule has 0 amide bonds.